The number of alkyl halides is 6. The average Bonchev–Trinajstić information content (AvgIpc) is 1.79. The van der Waals surface area contributed by atoms with Gasteiger partial charge in [-0.3, -0.25) is 0 Å². The Morgan fingerprint density at radius 3 is 1.46 bits per heavy atom. The molecule has 0 radical (unpaired) electrons. The second-order valence-electron chi connectivity index (χ2n) is 2.01. The van der Waals surface area contributed by atoms with Crippen molar-refractivity contribution in [2.24, 2.45) is 0 Å². The smallest absolute Gasteiger partial charge is 0.208 e. The molecule has 0 atom stereocenters. The second kappa shape index (κ2) is 3.51. The monoisotopic (exact) mass is 214 g/mol. The maximum Gasteiger partial charge on any atom is 0.445 e. The largest absolute Gasteiger partial charge is 0.445 e. The molecular formula is C5H2F8. The van der Waals surface area contributed by atoms with E-state index in [0.717, 1.165) is 0 Å². The molecule has 0 saturated heterocycles. The van der Waals surface area contributed by atoms with Crippen molar-refractivity contribution in [1.82, 2.24) is 0 Å². The number of hydrogen-bond acceptors (Lipinski definition) is 0. The van der Waals surface area contributed by atoms with Crippen LogP contribution in [-0.4, -0.2) is 12.4 Å². The van der Waals surface area contributed by atoms with Crippen LogP contribution >= 0.6 is 0 Å². The summed E-state index contributed by atoms with van der Waals surface area (Å²) in [6.07, 6.45) is -13.5. The van der Waals surface area contributed by atoms with Gasteiger partial charge in [-0.05, 0) is 0 Å². The van der Waals surface area contributed by atoms with E-state index >= 15 is 0 Å². The van der Waals surface area contributed by atoms with Gasteiger partial charge in [-0.25, -0.2) is 4.39 Å². The summed E-state index contributed by atoms with van der Waals surface area (Å²) in [5.41, 5.74) is 0. The molecule has 0 unspecified atom stereocenters. The third-order valence-corrected chi connectivity index (χ3v) is 0.843. The topological polar surface area (TPSA) is 0 Å². The normalized spacial score (nSPS) is 15.7. The zero-order chi connectivity index (χ0) is 10.9. The third kappa shape index (κ3) is 4.69. The highest BCUT2D eigenvalue weighted by Crippen LogP contribution is 2.34. The lowest BCUT2D eigenvalue weighted by atomic mass is 10.3. The van der Waals surface area contributed by atoms with Gasteiger partial charge in [-0.15, -0.1) is 0 Å². The highest BCUT2D eigenvalue weighted by atomic mass is 19.4. The predicted molar refractivity (Wildman–Crippen MR) is 26.0 cm³/mol. The fourth-order valence-corrected chi connectivity index (χ4v) is 0.407. The Morgan fingerprint density at radius 1 is 0.846 bits per heavy atom. The van der Waals surface area contributed by atoms with E-state index in [1.807, 2.05) is 0 Å². The van der Waals surface area contributed by atoms with E-state index in [-0.39, 0.29) is 0 Å². The minimum Gasteiger partial charge on any atom is -0.208 e. The summed E-state index contributed by atoms with van der Waals surface area (Å²) < 4.78 is 91.0. The van der Waals surface area contributed by atoms with Crippen LogP contribution in [0, 0.1) is 0 Å². The van der Waals surface area contributed by atoms with Crippen LogP contribution in [0.3, 0.4) is 0 Å². The van der Waals surface area contributed by atoms with Gasteiger partial charge in [0.05, 0.1) is 6.42 Å². The summed E-state index contributed by atoms with van der Waals surface area (Å²) in [4.78, 5) is 0. The van der Waals surface area contributed by atoms with Crippen molar-refractivity contribution in [3.05, 3.63) is 11.7 Å². The molecule has 0 aromatic carbocycles. The molecule has 0 aromatic rings. The van der Waals surface area contributed by atoms with Crippen LogP contribution in [0.15, 0.2) is 11.7 Å². The SMILES string of the molecule is F/C(CC(F)(F)F)=C(/F)C(F)(F)F. The van der Waals surface area contributed by atoms with E-state index in [1.165, 1.54) is 0 Å². The van der Waals surface area contributed by atoms with Gasteiger partial charge in [0.1, 0.15) is 5.83 Å². The molecule has 0 saturated carbocycles. The molecular weight excluding hydrogens is 212 g/mol. The number of allylic oxidation sites excluding steroid dienone is 2. The highest BCUT2D eigenvalue weighted by molar-refractivity contribution is 5.06. The molecule has 0 aliphatic heterocycles. The quantitative estimate of drug-likeness (QED) is 0.584. The van der Waals surface area contributed by atoms with Crippen LogP contribution in [0.25, 0.3) is 0 Å². The summed E-state index contributed by atoms with van der Waals surface area (Å²) >= 11 is 0. The average molecular weight is 214 g/mol. The van der Waals surface area contributed by atoms with Gasteiger partial charge in [-0.1, -0.05) is 0 Å². The molecule has 8 heteroatoms. The van der Waals surface area contributed by atoms with Gasteiger partial charge in [0.25, 0.3) is 0 Å². The summed E-state index contributed by atoms with van der Waals surface area (Å²) in [6, 6.07) is 0. The molecule has 0 aromatic heterocycles. The molecule has 0 nitrogen and oxygen atoms in total. The van der Waals surface area contributed by atoms with Crippen LogP contribution in [0.4, 0.5) is 35.1 Å². The predicted octanol–water partition coefficient (Wildman–Crippen LogP) is 3.65. The zero-order valence-corrected chi connectivity index (χ0v) is 5.73. The number of hydrogen-bond donors (Lipinski definition) is 0. The van der Waals surface area contributed by atoms with E-state index in [9.17, 15) is 35.1 Å². The van der Waals surface area contributed by atoms with Gasteiger partial charge in [0.2, 0.25) is 5.83 Å². The molecule has 0 heterocycles. The lowest BCUT2D eigenvalue weighted by Crippen LogP contribution is -2.13. The van der Waals surface area contributed by atoms with Crippen molar-refractivity contribution >= 4 is 0 Å². The molecule has 0 aliphatic rings. The van der Waals surface area contributed by atoms with Crippen LogP contribution in [0.5, 0.6) is 0 Å². The van der Waals surface area contributed by atoms with Crippen molar-refractivity contribution in [3.63, 3.8) is 0 Å². The summed E-state index contributed by atoms with van der Waals surface area (Å²) in [6.45, 7) is 0. The Labute approximate surface area is 66.8 Å². The standard InChI is InChI=1S/C5H2F8/c6-2(1-4(8,9)10)3(7)5(11,12)13/h1H2/b3-2+. The Hall–Kier alpha value is -0.820. The maximum atomic E-state index is 11.9. The Bertz CT molecular complexity index is 206. The fraction of sp³-hybridized carbons (Fsp3) is 0.600. The first-order chi connectivity index (χ1) is 5.54. The van der Waals surface area contributed by atoms with Crippen molar-refractivity contribution in [2.45, 2.75) is 18.8 Å². The first kappa shape index (κ1) is 12.2. The minimum absolute atomic E-state index is 2.56. The van der Waals surface area contributed by atoms with Crippen molar-refractivity contribution in [1.29, 1.82) is 0 Å². The molecule has 78 valence electrons. The van der Waals surface area contributed by atoms with Gasteiger partial charge in [-0.2, -0.15) is 30.7 Å². The molecule has 0 fully saturated rings. The Morgan fingerprint density at radius 2 is 1.23 bits per heavy atom. The van der Waals surface area contributed by atoms with Gasteiger partial charge in [0, 0.05) is 0 Å². The van der Waals surface area contributed by atoms with Crippen LogP contribution < -0.4 is 0 Å². The van der Waals surface area contributed by atoms with E-state index in [1.54, 1.807) is 0 Å². The number of halogens is 8. The first-order valence-corrected chi connectivity index (χ1v) is 2.72. The summed E-state index contributed by atoms with van der Waals surface area (Å²) in [5, 5.41) is 0. The summed E-state index contributed by atoms with van der Waals surface area (Å²) in [5.74, 6) is -6.20. The lowest BCUT2D eigenvalue weighted by molar-refractivity contribution is -0.135. The van der Waals surface area contributed by atoms with Gasteiger partial charge < -0.3 is 0 Å². The molecule has 0 rings (SSSR count). The van der Waals surface area contributed by atoms with Crippen LogP contribution in [0.1, 0.15) is 6.42 Å². The first-order valence-electron chi connectivity index (χ1n) is 2.72. The molecule has 13 heavy (non-hydrogen) atoms. The highest BCUT2D eigenvalue weighted by Gasteiger charge is 2.41. The third-order valence-electron chi connectivity index (χ3n) is 0.843. The second-order valence-corrected chi connectivity index (χ2v) is 2.01. The molecule has 0 N–H and O–H groups in total. The van der Waals surface area contributed by atoms with Crippen molar-refractivity contribution in [2.75, 3.05) is 0 Å². The lowest BCUT2D eigenvalue weighted by Gasteiger charge is -2.07. The van der Waals surface area contributed by atoms with Crippen molar-refractivity contribution in [3.8, 4) is 0 Å². The molecule has 0 aliphatic carbocycles. The molecule has 0 bridgehead atoms. The summed E-state index contributed by atoms with van der Waals surface area (Å²) in [7, 11) is 0. The Kier molecular flexibility index (Phi) is 3.28. The minimum atomic E-state index is -5.71. The van der Waals surface area contributed by atoms with E-state index < -0.39 is 30.4 Å². The maximum absolute atomic E-state index is 11.9. The molecule has 0 spiro atoms. The van der Waals surface area contributed by atoms with Crippen molar-refractivity contribution < 1.29 is 35.1 Å². The zero-order valence-electron chi connectivity index (χ0n) is 5.73. The van der Waals surface area contributed by atoms with E-state index in [0.29, 0.717) is 0 Å². The van der Waals surface area contributed by atoms with Crippen LogP contribution in [0.2, 0.25) is 0 Å². The number of rotatable bonds is 1. The molecule has 0 amide bonds. The van der Waals surface area contributed by atoms with E-state index in [4.69, 9.17) is 0 Å². The van der Waals surface area contributed by atoms with Gasteiger partial charge >= 0.3 is 12.4 Å². The van der Waals surface area contributed by atoms with Crippen LogP contribution in [-0.2, 0) is 0 Å². The van der Waals surface area contributed by atoms with E-state index in [2.05, 4.69) is 0 Å². The Balaban J connectivity index is 4.65. The fourth-order valence-electron chi connectivity index (χ4n) is 0.407. The van der Waals surface area contributed by atoms with Gasteiger partial charge in [0.15, 0.2) is 0 Å².